The first-order valence-corrected chi connectivity index (χ1v) is 9.92. The highest BCUT2D eigenvalue weighted by Gasteiger charge is 2.29. The van der Waals surface area contributed by atoms with E-state index in [2.05, 4.69) is 10.3 Å². The highest BCUT2D eigenvalue weighted by atomic mass is 16.5. The molecule has 8 nitrogen and oxygen atoms in total. The number of carbonyl (C=O) groups excluding carboxylic acids is 2. The van der Waals surface area contributed by atoms with Crippen LogP contribution in [0.25, 0.3) is 0 Å². The molecule has 3 rings (SSSR count). The largest absolute Gasteiger partial charge is 0.478 e. The molecule has 2 aromatic rings. The Bertz CT molecular complexity index is 942. The van der Waals surface area contributed by atoms with Gasteiger partial charge in [-0.1, -0.05) is 17.7 Å². The van der Waals surface area contributed by atoms with E-state index in [1.54, 1.807) is 24.0 Å². The van der Waals surface area contributed by atoms with Crippen LogP contribution in [-0.2, 0) is 9.53 Å². The number of hydrogen-bond donors (Lipinski definition) is 2. The summed E-state index contributed by atoms with van der Waals surface area (Å²) < 4.78 is 5.11. The minimum atomic E-state index is -1.15. The molecule has 0 unspecified atom stereocenters. The van der Waals surface area contributed by atoms with Crippen molar-refractivity contribution < 1.29 is 24.2 Å². The van der Waals surface area contributed by atoms with Crippen molar-refractivity contribution in [3.05, 3.63) is 53.2 Å². The van der Waals surface area contributed by atoms with Crippen molar-refractivity contribution in [3.63, 3.8) is 0 Å². The van der Waals surface area contributed by atoms with Gasteiger partial charge in [0.15, 0.2) is 0 Å². The quantitative estimate of drug-likeness (QED) is 0.703. The average molecular weight is 411 g/mol. The van der Waals surface area contributed by atoms with Gasteiger partial charge in [0.05, 0.1) is 24.4 Å². The predicted molar refractivity (Wildman–Crippen MR) is 112 cm³/mol. The third kappa shape index (κ3) is 4.94. The Morgan fingerprint density at radius 3 is 2.67 bits per heavy atom. The maximum atomic E-state index is 12.4. The summed E-state index contributed by atoms with van der Waals surface area (Å²) in [6, 6.07) is 8.46. The Labute approximate surface area is 174 Å². The zero-order valence-corrected chi connectivity index (χ0v) is 17.1. The molecule has 1 aliphatic rings. The van der Waals surface area contributed by atoms with E-state index in [0.717, 1.165) is 12.0 Å². The van der Waals surface area contributed by atoms with Crippen LogP contribution in [0.2, 0.25) is 0 Å². The Balaban J connectivity index is 1.79. The van der Waals surface area contributed by atoms with E-state index >= 15 is 0 Å². The lowest BCUT2D eigenvalue weighted by atomic mass is 9.98. The molecule has 2 heterocycles. The molecule has 0 radical (unpaired) electrons. The fraction of sp³-hybridized carbons (Fsp3) is 0.364. The number of esters is 1. The number of rotatable bonds is 6. The van der Waals surface area contributed by atoms with Gasteiger partial charge in [0.1, 0.15) is 11.4 Å². The molecule has 0 saturated carbocycles. The van der Waals surface area contributed by atoms with Crippen molar-refractivity contribution in [1.29, 1.82) is 0 Å². The van der Waals surface area contributed by atoms with Crippen LogP contribution in [0.5, 0.6) is 0 Å². The number of hydrogen-bond acceptors (Lipinski definition) is 6. The van der Waals surface area contributed by atoms with Gasteiger partial charge in [-0.3, -0.25) is 9.59 Å². The minimum absolute atomic E-state index is 0.0267. The fourth-order valence-electron chi connectivity index (χ4n) is 3.47. The summed E-state index contributed by atoms with van der Waals surface area (Å²) in [5.41, 5.74) is 1.77. The third-order valence-electron chi connectivity index (χ3n) is 5.01. The lowest BCUT2D eigenvalue weighted by molar-refractivity contribution is -0.148. The summed E-state index contributed by atoms with van der Waals surface area (Å²) in [5.74, 6) is -1.81. The van der Waals surface area contributed by atoms with Gasteiger partial charge < -0.3 is 20.1 Å². The summed E-state index contributed by atoms with van der Waals surface area (Å²) in [6.07, 6.45) is 2.86. The van der Waals surface area contributed by atoms with Crippen LogP contribution < -0.4 is 10.2 Å². The number of nitrogens with zero attached hydrogens (tertiary/aromatic N) is 2. The van der Waals surface area contributed by atoms with E-state index in [4.69, 9.17) is 4.74 Å². The molecule has 8 heteroatoms. The molecule has 1 aromatic heterocycles. The molecule has 1 aromatic carbocycles. The monoisotopic (exact) mass is 411 g/mol. The second-order valence-electron chi connectivity index (χ2n) is 7.26. The number of carboxylic acid groups (broad SMARTS) is 1. The second-order valence-corrected chi connectivity index (χ2v) is 7.26. The van der Waals surface area contributed by atoms with Crippen LogP contribution in [0.15, 0.2) is 36.5 Å². The molecule has 158 valence electrons. The molecule has 0 bridgehead atoms. The van der Waals surface area contributed by atoms with Crippen LogP contribution in [0.3, 0.4) is 0 Å². The zero-order valence-electron chi connectivity index (χ0n) is 17.1. The lowest BCUT2D eigenvalue weighted by Crippen LogP contribution is -2.40. The van der Waals surface area contributed by atoms with Crippen molar-refractivity contribution in [2.75, 3.05) is 29.9 Å². The number of aromatic nitrogens is 1. The van der Waals surface area contributed by atoms with Crippen molar-refractivity contribution in [2.45, 2.75) is 26.7 Å². The topological polar surface area (TPSA) is 109 Å². The standard InChI is InChI=1S/C22H25N3O5/c1-3-30-22(29)16-5-4-10-25(13-16)19-18(21(27)28)11-17(12-23-19)24-20(26)15-8-6-14(2)7-9-15/h6-9,11-12,16H,3-5,10,13H2,1-2H3,(H,24,26)(H,27,28)/t16-/m0/s1. The number of carboxylic acids is 1. The number of aryl methyl sites for hydroxylation is 1. The molecular formula is C22H25N3O5. The predicted octanol–water partition coefficient (Wildman–Crippen LogP) is 3.12. The number of pyridine rings is 1. The van der Waals surface area contributed by atoms with Crippen LogP contribution >= 0.6 is 0 Å². The summed E-state index contributed by atoms with van der Waals surface area (Å²) in [7, 11) is 0. The van der Waals surface area contributed by atoms with Gasteiger partial charge in [-0.2, -0.15) is 0 Å². The van der Waals surface area contributed by atoms with Gasteiger partial charge in [0, 0.05) is 18.7 Å². The SMILES string of the molecule is CCOC(=O)[C@H]1CCCN(c2ncc(NC(=O)c3ccc(C)cc3)cc2C(=O)O)C1. The number of ether oxygens (including phenoxy) is 1. The molecule has 1 atom stereocenters. The van der Waals surface area contributed by atoms with E-state index < -0.39 is 5.97 Å². The lowest BCUT2D eigenvalue weighted by Gasteiger charge is -2.33. The third-order valence-corrected chi connectivity index (χ3v) is 5.01. The number of piperidine rings is 1. The van der Waals surface area contributed by atoms with Crippen LogP contribution in [0.4, 0.5) is 11.5 Å². The first-order valence-electron chi connectivity index (χ1n) is 9.92. The van der Waals surface area contributed by atoms with Gasteiger partial charge >= 0.3 is 11.9 Å². The van der Waals surface area contributed by atoms with E-state index in [9.17, 15) is 19.5 Å². The smallest absolute Gasteiger partial charge is 0.339 e. The van der Waals surface area contributed by atoms with Crippen molar-refractivity contribution >= 4 is 29.4 Å². The Morgan fingerprint density at radius 1 is 1.27 bits per heavy atom. The number of amides is 1. The first kappa shape index (κ1) is 21.3. The minimum Gasteiger partial charge on any atom is -0.478 e. The van der Waals surface area contributed by atoms with Crippen molar-refractivity contribution in [1.82, 2.24) is 4.98 Å². The molecule has 1 saturated heterocycles. The summed E-state index contributed by atoms with van der Waals surface area (Å²) in [6.45, 7) is 4.94. The summed E-state index contributed by atoms with van der Waals surface area (Å²) in [4.78, 5) is 42.5. The van der Waals surface area contributed by atoms with Crippen LogP contribution in [0.1, 0.15) is 46.0 Å². The molecule has 1 amide bonds. The normalized spacial score (nSPS) is 16.1. The number of anilines is 2. The number of nitrogens with one attached hydrogen (secondary N) is 1. The van der Waals surface area contributed by atoms with Gasteiger partial charge in [-0.25, -0.2) is 9.78 Å². The number of aromatic carboxylic acids is 1. The highest BCUT2D eigenvalue weighted by molar-refractivity contribution is 6.05. The fourth-order valence-corrected chi connectivity index (χ4v) is 3.47. The molecule has 1 fully saturated rings. The highest BCUT2D eigenvalue weighted by Crippen LogP contribution is 2.27. The van der Waals surface area contributed by atoms with Gasteiger partial charge in [-0.15, -0.1) is 0 Å². The molecule has 2 N–H and O–H groups in total. The van der Waals surface area contributed by atoms with E-state index in [1.165, 1.54) is 12.3 Å². The van der Waals surface area contributed by atoms with E-state index in [1.807, 2.05) is 19.1 Å². The first-order chi connectivity index (χ1) is 14.4. The molecular weight excluding hydrogens is 386 g/mol. The van der Waals surface area contributed by atoms with Crippen LogP contribution in [-0.4, -0.2) is 47.6 Å². The Hall–Kier alpha value is -3.42. The molecule has 0 spiro atoms. The zero-order chi connectivity index (χ0) is 21.7. The Kier molecular flexibility index (Phi) is 6.66. The van der Waals surface area contributed by atoms with Crippen LogP contribution in [0, 0.1) is 12.8 Å². The molecule has 30 heavy (non-hydrogen) atoms. The summed E-state index contributed by atoms with van der Waals surface area (Å²) >= 11 is 0. The van der Waals surface area contributed by atoms with Gasteiger partial charge in [-0.05, 0) is 44.9 Å². The number of carbonyl (C=O) groups is 3. The molecule has 0 aliphatic carbocycles. The van der Waals surface area contributed by atoms with Gasteiger partial charge in [0.2, 0.25) is 0 Å². The molecule has 1 aliphatic heterocycles. The van der Waals surface area contributed by atoms with Gasteiger partial charge in [0.25, 0.3) is 5.91 Å². The second kappa shape index (κ2) is 9.39. The average Bonchev–Trinajstić information content (AvgIpc) is 2.74. The Morgan fingerprint density at radius 2 is 2.00 bits per heavy atom. The maximum Gasteiger partial charge on any atom is 0.339 e. The maximum absolute atomic E-state index is 12.4. The van der Waals surface area contributed by atoms with Crippen molar-refractivity contribution in [2.24, 2.45) is 5.92 Å². The summed E-state index contributed by atoms with van der Waals surface area (Å²) in [5, 5.41) is 12.4. The van der Waals surface area contributed by atoms with Crippen molar-refractivity contribution in [3.8, 4) is 0 Å². The van der Waals surface area contributed by atoms with E-state index in [0.29, 0.717) is 37.4 Å². The van der Waals surface area contributed by atoms with E-state index in [-0.39, 0.29) is 29.2 Å². The number of benzene rings is 1.